The first-order valence-corrected chi connectivity index (χ1v) is 9.19. The number of nitrogens with zero attached hydrogens (tertiary/aromatic N) is 3. The SMILES string of the molecule is Cn1cc(C(=O)NC2CC3(CCN(C(=O)c4ccccc4)CC3)C2)cn1. The topological polar surface area (TPSA) is 67.2 Å². The molecule has 2 fully saturated rings. The highest BCUT2D eigenvalue weighted by molar-refractivity contribution is 5.94. The van der Waals surface area contributed by atoms with Gasteiger partial charge >= 0.3 is 0 Å². The Bertz CT molecular complexity index is 798. The maximum absolute atomic E-state index is 12.5. The molecule has 6 heteroatoms. The van der Waals surface area contributed by atoms with Gasteiger partial charge in [-0.25, -0.2) is 0 Å². The summed E-state index contributed by atoms with van der Waals surface area (Å²) in [4.78, 5) is 26.7. The van der Waals surface area contributed by atoms with Crippen molar-refractivity contribution in [3.05, 3.63) is 53.9 Å². The van der Waals surface area contributed by atoms with Crippen LogP contribution < -0.4 is 5.32 Å². The number of carbonyl (C=O) groups is 2. The summed E-state index contributed by atoms with van der Waals surface area (Å²) in [6, 6.07) is 9.72. The van der Waals surface area contributed by atoms with Crippen molar-refractivity contribution in [2.45, 2.75) is 31.7 Å². The maximum atomic E-state index is 12.5. The van der Waals surface area contributed by atoms with Gasteiger partial charge in [0.25, 0.3) is 11.8 Å². The quantitative estimate of drug-likeness (QED) is 0.921. The maximum Gasteiger partial charge on any atom is 0.254 e. The van der Waals surface area contributed by atoms with E-state index >= 15 is 0 Å². The Hall–Kier alpha value is -2.63. The Balaban J connectivity index is 1.27. The largest absolute Gasteiger partial charge is 0.349 e. The van der Waals surface area contributed by atoms with Crippen LogP contribution in [0.15, 0.2) is 42.7 Å². The standard InChI is InChI=1S/C20H24N4O2/c1-23-14-16(13-21-23)18(25)22-17-11-20(12-17)7-9-24(10-8-20)19(26)15-5-3-2-4-6-15/h2-6,13-14,17H,7-12H2,1H3,(H,22,25). The summed E-state index contributed by atoms with van der Waals surface area (Å²) in [5, 5.41) is 7.14. The average Bonchev–Trinajstić information content (AvgIpc) is 3.08. The number of hydrogen-bond donors (Lipinski definition) is 1. The third-order valence-electron chi connectivity index (χ3n) is 5.79. The van der Waals surface area contributed by atoms with Crippen molar-refractivity contribution in [2.24, 2.45) is 12.5 Å². The molecule has 2 amide bonds. The Kier molecular flexibility index (Phi) is 4.26. The second-order valence-electron chi connectivity index (χ2n) is 7.64. The second-order valence-corrected chi connectivity index (χ2v) is 7.64. The van der Waals surface area contributed by atoms with Gasteiger partial charge in [-0.1, -0.05) is 18.2 Å². The molecule has 1 N–H and O–H groups in total. The number of carbonyl (C=O) groups excluding carboxylic acids is 2. The lowest BCUT2D eigenvalue weighted by Gasteiger charge is -2.52. The van der Waals surface area contributed by atoms with E-state index in [1.54, 1.807) is 24.1 Å². The zero-order valence-electron chi connectivity index (χ0n) is 15.0. The van der Waals surface area contributed by atoms with Crippen LogP contribution in [-0.2, 0) is 7.05 Å². The summed E-state index contributed by atoms with van der Waals surface area (Å²) in [6.45, 7) is 1.61. The molecule has 1 aliphatic carbocycles. The van der Waals surface area contributed by atoms with Gasteiger partial charge in [-0.2, -0.15) is 5.10 Å². The lowest BCUT2D eigenvalue weighted by Crippen LogP contribution is -2.55. The summed E-state index contributed by atoms with van der Waals surface area (Å²) >= 11 is 0. The summed E-state index contributed by atoms with van der Waals surface area (Å²) in [5.41, 5.74) is 1.66. The number of piperidine rings is 1. The van der Waals surface area contributed by atoms with Gasteiger partial charge in [0.1, 0.15) is 0 Å². The molecular weight excluding hydrogens is 328 g/mol. The average molecular weight is 352 g/mol. The third kappa shape index (κ3) is 3.23. The normalized spacial score (nSPS) is 19.2. The molecule has 1 spiro atoms. The third-order valence-corrected chi connectivity index (χ3v) is 5.79. The minimum atomic E-state index is -0.0466. The van der Waals surface area contributed by atoms with E-state index < -0.39 is 0 Å². The highest BCUT2D eigenvalue weighted by atomic mass is 16.2. The molecule has 6 nitrogen and oxygen atoms in total. The van der Waals surface area contributed by atoms with E-state index in [1.807, 2.05) is 35.2 Å². The van der Waals surface area contributed by atoms with Gasteiger partial charge in [0.15, 0.2) is 0 Å². The lowest BCUT2D eigenvalue weighted by molar-refractivity contribution is 0.00864. The molecule has 2 aliphatic rings. The van der Waals surface area contributed by atoms with Crippen LogP contribution in [0.3, 0.4) is 0 Å². The second kappa shape index (κ2) is 6.59. The number of rotatable bonds is 3. The zero-order chi connectivity index (χ0) is 18.1. The molecular formula is C20H24N4O2. The molecule has 0 bridgehead atoms. The van der Waals surface area contributed by atoms with Gasteiger partial charge in [0.2, 0.25) is 0 Å². The highest BCUT2D eigenvalue weighted by Crippen LogP contribution is 2.49. The first-order chi connectivity index (χ1) is 12.5. The molecule has 1 saturated heterocycles. The minimum Gasteiger partial charge on any atom is -0.349 e. The van der Waals surface area contributed by atoms with Crippen LogP contribution in [-0.4, -0.2) is 45.6 Å². The van der Waals surface area contributed by atoms with Gasteiger partial charge in [-0.05, 0) is 43.2 Å². The molecule has 2 aromatic rings. The van der Waals surface area contributed by atoms with Crippen molar-refractivity contribution in [1.29, 1.82) is 0 Å². The van der Waals surface area contributed by atoms with Gasteiger partial charge in [-0.3, -0.25) is 14.3 Å². The van der Waals surface area contributed by atoms with E-state index in [4.69, 9.17) is 0 Å². The molecule has 26 heavy (non-hydrogen) atoms. The van der Waals surface area contributed by atoms with E-state index in [-0.39, 0.29) is 17.9 Å². The molecule has 1 aromatic heterocycles. The highest BCUT2D eigenvalue weighted by Gasteiger charge is 2.46. The van der Waals surface area contributed by atoms with E-state index in [0.717, 1.165) is 44.3 Å². The van der Waals surface area contributed by atoms with Crippen LogP contribution in [0.4, 0.5) is 0 Å². The molecule has 136 valence electrons. The van der Waals surface area contributed by atoms with Crippen molar-refractivity contribution in [2.75, 3.05) is 13.1 Å². The predicted octanol–water partition coefficient (Wildman–Crippen LogP) is 2.23. The monoisotopic (exact) mass is 352 g/mol. The predicted molar refractivity (Wildman–Crippen MR) is 97.7 cm³/mol. The van der Waals surface area contributed by atoms with Crippen molar-refractivity contribution < 1.29 is 9.59 Å². The number of aromatic nitrogens is 2. The van der Waals surface area contributed by atoms with Gasteiger partial charge in [0, 0.05) is 37.9 Å². The number of amides is 2. The number of hydrogen-bond acceptors (Lipinski definition) is 3. The molecule has 1 aliphatic heterocycles. The minimum absolute atomic E-state index is 0.0466. The van der Waals surface area contributed by atoms with Crippen LogP contribution in [0.25, 0.3) is 0 Å². The van der Waals surface area contributed by atoms with Crippen LogP contribution >= 0.6 is 0 Å². The van der Waals surface area contributed by atoms with E-state index in [1.165, 1.54) is 0 Å². The number of aryl methyl sites for hydroxylation is 1. The molecule has 0 radical (unpaired) electrons. The summed E-state index contributed by atoms with van der Waals surface area (Å²) < 4.78 is 1.64. The number of benzene rings is 1. The molecule has 4 rings (SSSR count). The fourth-order valence-electron chi connectivity index (χ4n) is 4.25. The Labute approximate surface area is 153 Å². The molecule has 1 aromatic carbocycles. The molecule has 0 unspecified atom stereocenters. The van der Waals surface area contributed by atoms with Crippen molar-refractivity contribution in [1.82, 2.24) is 20.0 Å². The summed E-state index contributed by atoms with van der Waals surface area (Å²) in [6.07, 6.45) is 7.38. The summed E-state index contributed by atoms with van der Waals surface area (Å²) in [5.74, 6) is 0.0795. The van der Waals surface area contributed by atoms with E-state index in [0.29, 0.717) is 11.0 Å². The van der Waals surface area contributed by atoms with Crippen molar-refractivity contribution in [3.8, 4) is 0 Å². The van der Waals surface area contributed by atoms with Gasteiger partial charge in [0.05, 0.1) is 11.8 Å². The van der Waals surface area contributed by atoms with Gasteiger partial charge in [-0.15, -0.1) is 0 Å². The summed E-state index contributed by atoms with van der Waals surface area (Å²) in [7, 11) is 1.81. The first-order valence-electron chi connectivity index (χ1n) is 9.19. The fourth-order valence-corrected chi connectivity index (χ4v) is 4.25. The van der Waals surface area contributed by atoms with Crippen molar-refractivity contribution in [3.63, 3.8) is 0 Å². The van der Waals surface area contributed by atoms with Crippen LogP contribution in [0.1, 0.15) is 46.4 Å². The number of nitrogens with one attached hydrogen (secondary N) is 1. The molecule has 0 atom stereocenters. The van der Waals surface area contributed by atoms with E-state index in [9.17, 15) is 9.59 Å². The smallest absolute Gasteiger partial charge is 0.254 e. The zero-order valence-corrected chi connectivity index (χ0v) is 15.0. The first kappa shape index (κ1) is 16.8. The molecule has 1 saturated carbocycles. The van der Waals surface area contributed by atoms with Crippen molar-refractivity contribution >= 4 is 11.8 Å². The Morgan fingerprint density at radius 2 is 1.81 bits per heavy atom. The van der Waals surface area contributed by atoms with Crippen LogP contribution in [0.2, 0.25) is 0 Å². The van der Waals surface area contributed by atoms with Gasteiger partial charge < -0.3 is 10.2 Å². The molecule has 2 heterocycles. The van der Waals surface area contributed by atoms with Crippen LogP contribution in [0.5, 0.6) is 0 Å². The van der Waals surface area contributed by atoms with E-state index in [2.05, 4.69) is 10.4 Å². The lowest BCUT2D eigenvalue weighted by atomic mass is 9.60. The Morgan fingerprint density at radius 1 is 1.12 bits per heavy atom. The van der Waals surface area contributed by atoms with Crippen LogP contribution in [0, 0.1) is 5.41 Å². The Morgan fingerprint density at radius 3 is 2.42 bits per heavy atom. The number of likely N-dealkylation sites (tertiary alicyclic amines) is 1. The fraction of sp³-hybridized carbons (Fsp3) is 0.450.